The molecule has 0 fully saturated rings. The average Bonchev–Trinajstić information content (AvgIpc) is 3.10. The number of rotatable bonds is 6. The summed E-state index contributed by atoms with van der Waals surface area (Å²) in [4.78, 5) is 10.3. The first-order valence-corrected chi connectivity index (χ1v) is 7.66. The first-order valence-electron chi connectivity index (χ1n) is 7.66. The predicted octanol–water partition coefficient (Wildman–Crippen LogP) is 3.20. The van der Waals surface area contributed by atoms with Gasteiger partial charge in [0, 0.05) is 23.9 Å². The fraction of sp³-hybridized carbons (Fsp3) is 0.167. The van der Waals surface area contributed by atoms with Crippen molar-refractivity contribution in [2.24, 2.45) is 0 Å². The van der Waals surface area contributed by atoms with Crippen molar-refractivity contribution < 1.29 is 14.8 Å². The van der Waals surface area contributed by atoms with Crippen molar-refractivity contribution >= 4 is 5.69 Å². The maximum absolute atomic E-state index is 10.7. The van der Waals surface area contributed by atoms with Crippen molar-refractivity contribution in [3.05, 3.63) is 76.6 Å². The summed E-state index contributed by atoms with van der Waals surface area (Å²) < 4.78 is 6.80. The van der Waals surface area contributed by atoms with Crippen molar-refractivity contribution in [1.29, 1.82) is 0 Å². The van der Waals surface area contributed by atoms with Crippen molar-refractivity contribution in [1.82, 2.24) is 9.78 Å². The van der Waals surface area contributed by atoms with Gasteiger partial charge in [0.2, 0.25) is 0 Å². The summed E-state index contributed by atoms with van der Waals surface area (Å²) in [5.74, 6) is 0.684. The van der Waals surface area contributed by atoms with E-state index in [1.165, 1.54) is 12.1 Å². The second-order valence-corrected chi connectivity index (χ2v) is 5.55. The number of hydrogen-bond donors (Lipinski definition) is 1. The molecule has 1 aromatic heterocycles. The zero-order valence-corrected chi connectivity index (χ0v) is 13.6. The van der Waals surface area contributed by atoms with Gasteiger partial charge in [-0.05, 0) is 35.4 Å². The van der Waals surface area contributed by atoms with Crippen LogP contribution in [0.4, 0.5) is 5.69 Å². The van der Waals surface area contributed by atoms with Crippen molar-refractivity contribution in [3.8, 4) is 16.9 Å². The predicted molar refractivity (Wildman–Crippen MR) is 92.3 cm³/mol. The van der Waals surface area contributed by atoms with Crippen LogP contribution in [0.25, 0.3) is 11.1 Å². The van der Waals surface area contributed by atoms with Gasteiger partial charge in [-0.3, -0.25) is 14.8 Å². The Morgan fingerprint density at radius 1 is 1.24 bits per heavy atom. The molecule has 7 nitrogen and oxygen atoms in total. The maximum atomic E-state index is 10.7. The fourth-order valence-electron chi connectivity index (χ4n) is 2.52. The van der Waals surface area contributed by atoms with Gasteiger partial charge in [-0.2, -0.15) is 5.10 Å². The highest BCUT2D eigenvalue weighted by Crippen LogP contribution is 2.24. The number of ether oxygens (including phenoxy) is 1. The fourth-order valence-corrected chi connectivity index (χ4v) is 2.52. The van der Waals surface area contributed by atoms with E-state index in [0.717, 1.165) is 16.7 Å². The summed E-state index contributed by atoms with van der Waals surface area (Å²) in [5, 5.41) is 25.3. The Balaban J connectivity index is 1.73. The molecule has 0 saturated carbocycles. The topological polar surface area (TPSA) is 90.4 Å². The molecule has 1 atom stereocenters. The number of nitrogens with zero attached hydrogens (tertiary/aromatic N) is 3. The number of hydrogen-bond acceptors (Lipinski definition) is 5. The molecule has 0 amide bonds. The lowest BCUT2D eigenvalue weighted by molar-refractivity contribution is -0.384. The summed E-state index contributed by atoms with van der Waals surface area (Å²) in [6, 6.07) is 13.5. The number of aliphatic hydroxyl groups excluding tert-OH is 1. The Bertz CT molecular complexity index is 874. The summed E-state index contributed by atoms with van der Waals surface area (Å²) in [7, 11) is 1.58. The van der Waals surface area contributed by atoms with E-state index in [0.29, 0.717) is 12.3 Å². The van der Waals surface area contributed by atoms with Crippen LogP contribution in [0, 0.1) is 10.1 Å². The van der Waals surface area contributed by atoms with Crippen LogP contribution < -0.4 is 4.74 Å². The molecule has 25 heavy (non-hydrogen) atoms. The van der Waals surface area contributed by atoms with E-state index < -0.39 is 11.0 Å². The van der Waals surface area contributed by atoms with Gasteiger partial charge < -0.3 is 9.84 Å². The molecule has 7 heteroatoms. The minimum Gasteiger partial charge on any atom is -0.497 e. The van der Waals surface area contributed by atoms with Gasteiger partial charge in [0.15, 0.2) is 0 Å². The molecule has 3 rings (SSSR count). The zero-order valence-electron chi connectivity index (χ0n) is 13.6. The molecule has 2 aromatic carbocycles. The highest BCUT2D eigenvalue weighted by Gasteiger charge is 2.11. The smallest absolute Gasteiger partial charge is 0.269 e. The molecule has 0 aliphatic carbocycles. The third-order valence-corrected chi connectivity index (χ3v) is 3.88. The molecule has 0 spiro atoms. The normalized spacial score (nSPS) is 11.9. The molecule has 1 heterocycles. The van der Waals surface area contributed by atoms with Crippen molar-refractivity contribution in [2.75, 3.05) is 7.11 Å². The van der Waals surface area contributed by atoms with Gasteiger partial charge in [0.25, 0.3) is 5.69 Å². The van der Waals surface area contributed by atoms with Crippen LogP contribution in [0.5, 0.6) is 5.75 Å². The van der Waals surface area contributed by atoms with Gasteiger partial charge in [-0.1, -0.05) is 12.1 Å². The van der Waals surface area contributed by atoms with Crippen molar-refractivity contribution in [3.63, 3.8) is 0 Å². The van der Waals surface area contributed by atoms with E-state index in [2.05, 4.69) is 5.10 Å². The number of nitro groups is 1. The highest BCUT2D eigenvalue weighted by molar-refractivity contribution is 5.63. The van der Waals surface area contributed by atoms with E-state index in [9.17, 15) is 15.2 Å². The second kappa shape index (κ2) is 7.14. The number of methoxy groups -OCH3 is 1. The molecule has 0 unspecified atom stereocenters. The summed E-state index contributed by atoms with van der Waals surface area (Å²) in [5.41, 5.74) is 2.44. The number of nitro benzene ring substituents is 1. The quantitative estimate of drug-likeness (QED) is 0.550. The minimum absolute atomic E-state index is 0.0459. The average molecular weight is 339 g/mol. The molecule has 0 saturated heterocycles. The Morgan fingerprint density at radius 3 is 2.68 bits per heavy atom. The number of aromatic nitrogens is 2. The molecule has 0 bridgehead atoms. The third-order valence-electron chi connectivity index (χ3n) is 3.88. The van der Waals surface area contributed by atoms with E-state index >= 15 is 0 Å². The first-order chi connectivity index (χ1) is 12.1. The van der Waals surface area contributed by atoms with Gasteiger partial charge >= 0.3 is 0 Å². The molecular formula is C18H17N3O4. The van der Waals surface area contributed by atoms with E-state index in [1.807, 2.05) is 18.2 Å². The lowest BCUT2D eigenvalue weighted by Gasteiger charge is -2.12. The van der Waals surface area contributed by atoms with E-state index in [4.69, 9.17) is 4.74 Å². The summed E-state index contributed by atoms with van der Waals surface area (Å²) in [6.45, 7) is 0.292. The third kappa shape index (κ3) is 3.84. The Kier molecular flexibility index (Phi) is 4.76. The lowest BCUT2D eigenvalue weighted by atomic mass is 10.1. The zero-order chi connectivity index (χ0) is 17.8. The minimum atomic E-state index is -0.722. The lowest BCUT2D eigenvalue weighted by Crippen LogP contribution is -2.09. The van der Waals surface area contributed by atoms with Crippen LogP contribution in [0.2, 0.25) is 0 Å². The SMILES string of the molecule is COc1cccc([C@H](O)Cn2cc(-c3ccc([N+](=O)[O-])cc3)cn2)c1. The van der Waals surface area contributed by atoms with Crippen LogP contribution in [-0.4, -0.2) is 26.9 Å². The molecule has 0 aliphatic rings. The molecule has 0 aliphatic heterocycles. The molecule has 3 aromatic rings. The standard InChI is InChI=1S/C18H17N3O4/c1-25-17-4-2-3-14(9-17)18(22)12-20-11-15(10-19-20)13-5-7-16(8-6-13)21(23)24/h2-11,18,22H,12H2,1H3/t18-/m1/s1. The summed E-state index contributed by atoms with van der Waals surface area (Å²) >= 11 is 0. The van der Waals surface area contributed by atoms with Crippen molar-refractivity contribution in [2.45, 2.75) is 12.6 Å². The van der Waals surface area contributed by atoms with Gasteiger partial charge in [0.05, 0.1) is 30.9 Å². The summed E-state index contributed by atoms with van der Waals surface area (Å²) in [6.07, 6.45) is 2.74. The maximum Gasteiger partial charge on any atom is 0.269 e. The molecule has 128 valence electrons. The number of aliphatic hydroxyl groups is 1. The van der Waals surface area contributed by atoms with E-state index in [1.54, 1.807) is 42.4 Å². The van der Waals surface area contributed by atoms with Crippen LogP contribution in [0.3, 0.4) is 0 Å². The highest BCUT2D eigenvalue weighted by atomic mass is 16.6. The van der Waals surface area contributed by atoms with Crippen LogP contribution >= 0.6 is 0 Å². The van der Waals surface area contributed by atoms with Gasteiger partial charge in [-0.15, -0.1) is 0 Å². The van der Waals surface area contributed by atoms with E-state index in [-0.39, 0.29) is 5.69 Å². The van der Waals surface area contributed by atoms with Gasteiger partial charge in [0.1, 0.15) is 5.75 Å². The Labute approximate surface area is 144 Å². The van der Waals surface area contributed by atoms with Crippen LogP contribution in [0.1, 0.15) is 11.7 Å². The Morgan fingerprint density at radius 2 is 2.00 bits per heavy atom. The monoisotopic (exact) mass is 339 g/mol. The molecule has 1 N–H and O–H groups in total. The largest absolute Gasteiger partial charge is 0.497 e. The Hall–Kier alpha value is -3.19. The first kappa shape index (κ1) is 16.7. The molecule has 0 radical (unpaired) electrons. The molecular weight excluding hydrogens is 322 g/mol. The van der Waals surface area contributed by atoms with Crippen LogP contribution in [-0.2, 0) is 6.54 Å². The van der Waals surface area contributed by atoms with Gasteiger partial charge in [-0.25, -0.2) is 0 Å². The van der Waals surface area contributed by atoms with Crippen LogP contribution in [0.15, 0.2) is 60.9 Å². The second-order valence-electron chi connectivity index (χ2n) is 5.55. The number of non-ortho nitro benzene ring substituents is 1. The number of benzene rings is 2.